The van der Waals surface area contributed by atoms with Crippen LogP contribution in [0.4, 0.5) is 15.8 Å². The summed E-state index contributed by atoms with van der Waals surface area (Å²) in [5.74, 6) is -0.536. The van der Waals surface area contributed by atoms with Crippen LogP contribution in [0, 0.1) is 17.1 Å². The zero-order valence-electron chi connectivity index (χ0n) is 10.5. The Balaban J connectivity index is 2.11. The van der Waals surface area contributed by atoms with Crippen molar-refractivity contribution < 1.29 is 4.39 Å². The van der Waals surface area contributed by atoms with Gasteiger partial charge in [0.2, 0.25) is 0 Å². The number of aromatic nitrogens is 1. The first-order valence-corrected chi connectivity index (χ1v) is 6.09. The molecular formula is C16H10FN3. The molecule has 3 nitrogen and oxygen atoms in total. The first-order chi connectivity index (χ1) is 9.79. The van der Waals surface area contributed by atoms with E-state index in [1.165, 1.54) is 6.07 Å². The van der Waals surface area contributed by atoms with Crippen molar-refractivity contribution in [1.29, 1.82) is 5.26 Å². The highest BCUT2D eigenvalue weighted by Crippen LogP contribution is 2.27. The lowest BCUT2D eigenvalue weighted by Gasteiger charge is -2.10. The molecule has 0 aliphatic rings. The van der Waals surface area contributed by atoms with Crippen LogP contribution in [0.2, 0.25) is 0 Å². The lowest BCUT2D eigenvalue weighted by molar-refractivity contribution is 0.624. The van der Waals surface area contributed by atoms with E-state index in [4.69, 9.17) is 5.26 Å². The standard InChI is InChI=1S/C16H10FN3/c17-13-6-2-7-14(12(13)10-18)20-15-8-1-4-11-5-3-9-19-16(11)15/h1-9,20H. The number of fused-ring (bicyclic) bond motifs is 1. The molecule has 0 radical (unpaired) electrons. The highest BCUT2D eigenvalue weighted by molar-refractivity contribution is 5.92. The Morgan fingerprint density at radius 3 is 2.60 bits per heavy atom. The van der Waals surface area contributed by atoms with Crippen LogP contribution in [-0.2, 0) is 0 Å². The third-order valence-corrected chi connectivity index (χ3v) is 3.03. The quantitative estimate of drug-likeness (QED) is 0.760. The number of hydrogen-bond donors (Lipinski definition) is 1. The van der Waals surface area contributed by atoms with Crippen molar-refractivity contribution in [3.8, 4) is 6.07 Å². The fourth-order valence-corrected chi connectivity index (χ4v) is 2.09. The Bertz CT molecular complexity index is 816. The van der Waals surface area contributed by atoms with Gasteiger partial charge in [-0.15, -0.1) is 0 Å². The average molecular weight is 263 g/mol. The van der Waals surface area contributed by atoms with E-state index in [0.29, 0.717) is 5.69 Å². The molecule has 0 atom stereocenters. The molecule has 0 spiro atoms. The first kappa shape index (κ1) is 12.1. The van der Waals surface area contributed by atoms with E-state index in [9.17, 15) is 4.39 Å². The molecule has 0 bridgehead atoms. The van der Waals surface area contributed by atoms with Crippen molar-refractivity contribution in [3.63, 3.8) is 0 Å². The molecule has 3 aromatic rings. The Labute approximate surface area is 115 Å². The molecule has 96 valence electrons. The van der Waals surface area contributed by atoms with Gasteiger partial charge >= 0.3 is 0 Å². The third-order valence-electron chi connectivity index (χ3n) is 3.03. The molecule has 1 N–H and O–H groups in total. The van der Waals surface area contributed by atoms with E-state index < -0.39 is 5.82 Å². The van der Waals surface area contributed by atoms with Crippen LogP contribution in [0.25, 0.3) is 10.9 Å². The molecule has 0 aliphatic heterocycles. The highest BCUT2D eigenvalue weighted by atomic mass is 19.1. The van der Waals surface area contributed by atoms with Crippen molar-refractivity contribution in [2.45, 2.75) is 0 Å². The largest absolute Gasteiger partial charge is 0.353 e. The minimum atomic E-state index is -0.536. The molecule has 0 saturated carbocycles. The summed E-state index contributed by atoms with van der Waals surface area (Å²) in [4.78, 5) is 4.32. The number of pyridine rings is 1. The molecule has 0 saturated heterocycles. The maximum atomic E-state index is 13.6. The van der Waals surface area contributed by atoms with Crippen LogP contribution in [0.3, 0.4) is 0 Å². The molecule has 3 rings (SSSR count). The van der Waals surface area contributed by atoms with Gasteiger partial charge in [-0.2, -0.15) is 5.26 Å². The topological polar surface area (TPSA) is 48.7 Å². The van der Waals surface area contributed by atoms with E-state index in [1.807, 2.05) is 36.4 Å². The SMILES string of the molecule is N#Cc1c(F)cccc1Nc1cccc2cccnc12. The summed E-state index contributed by atoms with van der Waals surface area (Å²) in [6, 6.07) is 15.9. The summed E-state index contributed by atoms with van der Waals surface area (Å²) < 4.78 is 13.6. The predicted molar refractivity (Wildman–Crippen MR) is 76.1 cm³/mol. The fraction of sp³-hybridized carbons (Fsp3) is 0. The number of anilines is 2. The summed E-state index contributed by atoms with van der Waals surface area (Å²) in [5.41, 5.74) is 1.96. The number of nitrogens with zero attached hydrogens (tertiary/aromatic N) is 2. The molecule has 0 aliphatic carbocycles. The van der Waals surface area contributed by atoms with Gasteiger partial charge in [0.1, 0.15) is 17.4 Å². The monoisotopic (exact) mass is 263 g/mol. The molecule has 0 fully saturated rings. The van der Waals surface area contributed by atoms with Crippen molar-refractivity contribution in [1.82, 2.24) is 4.98 Å². The van der Waals surface area contributed by atoms with Crippen LogP contribution in [0.15, 0.2) is 54.7 Å². The van der Waals surface area contributed by atoms with Crippen LogP contribution in [0.1, 0.15) is 5.56 Å². The Hall–Kier alpha value is -2.93. The van der Waals surface area contributed by atoms with E-state index >= 15 is 0 Å². The van der Waals surface area contributed by atoms with Crippen molar-refractivity contribution in [2.24, 2.45) is 0 Å². The number of nitriles is 1. The van der Waals surface area contributed by atoms with Crippen LogP contribution >= 0.6 is 0 Å². The maximum Gasteiger partial charge on any atom is 0.143 e. The number of halogens is 1. The number of nitrogens with one attached hydrogen (secondary N) is 1. The lowest BCUT2D eigenvalue weighted by Crippen LogP contribution is -1.97. The van der Waals surface area contributed by atoms with Crippen molar-refractivity contribution in [3.05, 3.63) is 66.1 Å². The molecule has 1 aromatic heterocycles. The first-order valence-electron chi connectivity index (χ1n) is 6.09. The van der Waals surface area contributed by atoms with Gasteiger partial charge in [-0.25, -0.2) is 4.39 Å². The summed E-state index contributed by atoms with van der Waals surface area (Å²) >= 11 is 0. The fourth-order valence-electron chi connectivity index (χ4n) is 2.09. The van der Waals surface area contributed by atoms with Gasteiger partial charge in [0, 0.05) is 11.6 Å². The van der Waals surface area contributed by atoms with Gasteiger partial charge in [0.15, 0.2) is 0 Å². The zero-order chi connectivity index (χ0) is 13.9. The minimum Gasteiger partial charge on any atom is -0.353 e. The van der Waals surface area contributed by atoms with Gasteiger partial charge < -0.3 is 5.32 Å². The second-order valence-electron chi connectivity index (χ2n) is 4.28. The predicted octanol–water partition coefficient (Wildman–Crippen LogP) is 3.99. The molecule has 20 heavy (non-hydrogen) atoms. The third kappa shape index (κ3) is 2.06. The van der Waals surface area contributed by atoms with Gasteiger partial charge in [0.05, 0.1) is 16.9 Å². The summed E-state index contributed by atoms with van der Waals surface area (Å²) in [6.07, 6.45) is 1.70. The molecule has 2 aromatic carbocycles. The minimum absolute atomic E-state index is 0.000402. The second-order valence-corrected chi connectivity index (χ2v) is 4.28. The summed E-state index contributed by atoms with van der Waals surface area (Å²) in [6.45, 7) is 0. The Morgan fingerprint density at radius 2 is 1.75 bits per heavy atom. The smallest absolute Gasteiger partial charge is 0.143 e. The van der Waals surface area contributed by atoms with E-state index in [-0.39, 0.29) is 5.56 Å². The van der Waals surface area contributed by atoms with Crippen molar-refractivity contribution >= 4 is 22.3 Å². The number of para-hydroxylation sites is 1. The Kier molecular flexibility index (Phi) is 3.02. The number of hydrogen-bond acceptors (Lipinski definition) is 3. The van der Waals surface area contributed by atoms with Crippen LogP contribution in [0.5, 0.6) is 0 Å². The second kappa shape index (κ2) is 4.98. The summed E-state index contributed by atoms with van der Waals surface area (Å²) in [5, 5.41) is 13.1. The lowest BCUT2D eigenvalue weighted by atomic mass is 10.1. The van der Waals surface area contributed by atoms with E-state index in [0.717, 1.165) is 16.6 Å². The number of benzene rings is 2. The number of rotatable bonds is 2. The highest BCUT2D eigenvalue weighted by Gasteiger charge is 2.09. The Morgan fingerprint density at radius 1 is 1.00 bits per heavy atom. The summed E-state index contributed by atoms with van der Waals surface area (Å²) in [7, 11) is 0. The van der Waals surface area contributed by atoms with Gasteiger partial charge in [-0.1, -0.05) is 24.3 Å². The maximum absolute atomic E-state index is 13.6. The zero-order valence-corrected chi connectivity index (χ0v) is 10.5. The van der Waals surface area contributed by atoms with Gasteiger partial charge in [-0.05, 0) is 24.3 Å². The molecule has 0 amide bonds. The average Bonchev–Trinajstić information content (AvgIpc) is 2.48. The molecule has 4 heteroatoms. The van der Waals surface area contributed by atoms with Crippen LogP contribution in [-0.4, -0.2) is 4.98 Å². The van der Waals surface area contributed by atoms with E-state index in [2.05, 4.69) is 10.3 Å². The molecular weight excluding hydrogens is 253 g/mol. The normalized spacial score (nSPS) is 10.2. The van der Waals surface area contributed by atoms with E-state index in [1.54, 1.807) is 18.3 Å². The van der Waals surface area contributed by atoms with Gasteiger partial charge in [0.25, 0.3) is 0 Å². The van der Waals surface area contributed by atoms with Crippen molar-refractivity contribution in [2.75, 3.05) is 5.32 Å². The van der Waals surface area contributed by atoms with Gasteiger partial charge in [-0.3, -0.25) is 4.98 Å². The molecule has 0 unspecified atom stereocenters. The molecule has 1 heterocycles. The van der Waals surface area contributed by atoms with Crippen LogP contribution < -0.4 is 5.32 Å².